The minimum atomic E-state index is -3.49. The standard InChI is InChI=1S/C16H18N2O3S/c1-21-16-8-7-13(12-14(16)15-6-5-9-17-15)22(19,20)18-10-3-2-4-11-18/h2-3,5-9,12,17H,4,10-11H2,1H3. The van der Waals surface area contributed by atoms with Gasteiger partial charge in [-0.3, -0.25) is 0 Å². The summed E-state index contributed by atoms with van der Waals surface area (Å²) in [6, 6.07) is 8.71. The lowest BCUT2D eigenvalue weighted by Gasteiger charge is -2.23. The van der Waals surface area contributed by atoms with Crippen LogP contribution in [0.4, 0.5) is 0 Å². The van der Waals surface area contributed by atoms with Gasteiger partial charge in [-0.15, -0.1) is 0 Å². The summed E-state index contributed by atoms with van der Waals surface area (Å²) < 4.78 is 32.3. The highest BCUT2D eigenvalue weighted by molar-refractivity contribution is 7.89. The van der Waals surface area contributed by atoms with Crippen molar-refractivity contribution in [3.8, 4) is 17.0 Å². The van der Waals surface area contributed by atoms with Gasteiger partial charge in [-0.25, -0.2) is 8.42 Å². The second kappa shape index (κ2) is 5.98. The van der Waals surface area contributed by atoms with E-state index in [-0.39, 0.29) is 4.90 Å². The molecule has 22 heavy (non-hydrogen) atoms. The summed E-state index contributed by atoms with van der Waals surface area (Å²) in [5.41, 5.74) is 1.56. The molecule has 0 aliphatic carbocycles. The van der Waals surface area contributed by atoms with Gasteiger partial charge in [0.15, 0.2) is 0 Å². The summed E-state index contributed by atoms with van der Waals surface area (Å²) in [5, 5.41) is 0. The van der Waals surface area contributed by atoms with E-state index in [2.05, 4.69) is 4.98 Å². The van der Waals surface area contributed by atoms with Crippen LogP contribution in [0.1, 0.15) is 6.42 Å². The maximum atomic E-state index is 12.7. The van der Waals surface area contributed by atoms with Crippen LogP contribution in [0.5, 0.6) is 5.75 Å². The highest BCUT2D eigenvalue weighted by atomic mass is 32.2. The molecule has 3 rings (SSSR count). The monoisotopic (exact) mass is 318 g/mol. The Kier molecular flexibility index (Phi) is 4.04. The van der Waals surface area contributed by atoms with Crippen molar-refractivity contribution in [2.45, 2.75) is 11.3 Å². The van der Waals surface area contributed by atoms with E-state index in [1.807, 2.05) is 24.3 Å². The second-order valence-electron chi connectivity index (χ2n) is 5.07. The van der Waals surface area contributed by atoms with E-state index >= 15 is 0 Å². The molecule has 0 unspecified atom stereocenters. The van der Waals surface area contributed by atoms with Gasteiger partial charge in [0.2, 0.25) is 10.0 Å². The molecule has 1 aromatic heterocycles. The minimum Gasteiger partial charge on any atom is -0.496 e. The molecule has 1 aliphatic rings. The summed E-state index contributed by atoms with van der Waals surface area (Å²) in [6.07, 6.45) is 6.44. The number of rotatable bonds is 4. The predicted octanol–water partition coefficient (Wildman–Crippen LogP) is 2.64. The highest BCUT2D eigenvalue weighted by Crippen LogP contribution is 2.32. The van der Waals surface area contributed by atoms with Crippen molar-refractivity contribution in [3.05, 3.63) is 48.7 Å². The highest BCUT2D eigenvalue weighted by Gasteiger charge is 2.25. The zero-order chi connectivity index (χ0) is 15.6. The number of methoxy groups -OCH3 is 1. The lowest BCUT2D eigenvalue weighted by Crippen LogP contribution is -2.33. The Balaban J connectivity index is 2.05. The smallest absolute Gasteiger partial charge is 0.243 e. The largest absolute Gasteiger partial charge is 0.496 e. The van der Waals surface area contributed by atoms with Crippen LogP contribution in [-0.2, 0) is 10.0 Å². The number of hydrogen-bond donors (Lipinski definition) is 1. The van der Waals surface area contributed by atoms with Gasteiger partial charge in [0.25, 0.3) is 0 Å². The van der Waals surface area contributed by atoms with E-state index in [9.17, 15) is 8.42 Å². The number of nitrogens with zero attached hydrogens (tertiary/aromatic N) is 1. The lowest BCUT2D eigenvalue weighted by atomic mass is 10.1. The van der Waals surface area contributed by atoms with E-state index in [4.69, 9.17) is 4.74 Å². The molecule has 0 fully saturated rings. The molecular weight excluding hydrogens is 300 g/mol. The third-order valence-electron chi connectivity index (χ3n) is 3.72. The molecule has 6 heteroatoms. The average Bonchev–Trinajstić information content (AvgIpc) is 3.09. The molecule has 0 saturated carbocycles. The molecule has 5 nitrogen and oxygen atoms in total. The van der Waals surface area contributed by atoms with E-state index in [0.29, 0.717) is 18.8 Å². The molecule has 1 aromatic carbocycles. The van der Waals surface area contributed by atoms with Crippen LogP contribution in [0.3, 0.4) is 0 Å². The Labute approximate surface area is 130 Å². The first kappa shape index (κ1) is 14.9. The SMILES string of the molecule is COc1ccc(S(=O)(=O)N2CC=CCC2)cc1-c1ccc[nH]1. The van der Waals surface area contributed by atoms with Crippen molar-refractivity contribution in [3.63, 3.8) is 0 Å². The molecule has 0 spiro atoms. The molecular formula is C16H18N2O3S. The quantitative estimate of drug-likeness (QED) is 0.882. The number of aromatic nitrogens is 1. The van der Waals surface area contributed by atoms with Gasteiger partial charge < -0.3 is 9.72 Å². The van der Waals surface area contributed by atoms with E-state index < -0.39 is 10.0 Å². The van der Waals surface area contributed by atoms with Crippen LogP contribution in [0.15, 0.2) is 53.6 Å². The maximum Gasteiger partial charge on any atom is 0.243 e. The van der Waals surface area contributed by atoms with Gasteiger partial charge in [0.05, 0.1) is 12.0 Å². The molecule has 1 N–H and O–H groups in total. The van der Waals surface area contributed by atoms with Crippen molar-refractivity contribution < 1.29 is 13.2 Å². The summed E-state index contributed by atoms with van der Waals surface area (Å²) in [7, 11) is -1.91. The van der Waals surface area contributed by atoms with Gasteiger partial charge in [-0.05, 0) is 36.8 Å². The van der Waals surface area contributed by atoms with Gasteiger partial charge in [-0.2, -0.15) is 4.31 Å². The maximum absolute atomic E-state index is 12.7. The fourth-order valence-electron chi connectivity index (χ4n) is 2.54. The van der Waals surface area contributed by atoms with Gasteiger partial charge in [-0.1, -0.05) is 12.2 Å². The van der Waals surface area contributed by atoms with E-state index in [1.54, 1.807) is 31.5 Å². The first-order chi connectivity index (χ1) is 10.6. The third kappa shape index (κ3) is 2.67. The number of aromatic amines is 1. The summed E-state index contributed by atoms with van der Waals surface area (Å²) in [5.74, 6) is 0.639. The van der Waals surface area contributed by atoms with E-state index in [1.165, 1.54) is 4.31 Å². The number of ether oxygens (including phenoxy) is 1. The number of nitrogens with one attached hydrogen (secondary N) is 1. The summed E-state index contributed by atoms with van der Waals surface area (Å²) in [6.45, 7) is 0.939. The molecule has 2 aromatic rings. The first-order valence-electron chi connectivity index (χ1n) is 7.10. The molecule has 0 atom stereocenters. The van der Waals surface area contributed by atoms with E-state index in [0.717, 1.165) is 17.7 Å². The van der Waals surface area contributed by atoms with Crippen LogP contribution < -0.4 is 4.74 Å². The average molecular weight is 318 g/mol. The normalized spacial score (nSPS) is 15.9. The summed E-state index contributed by atoms with van der Waals surface area (Å²) in [4.78, 5) is 3.37. The molecule has 0 amide bonds. The zero-order valence-electron chi connectivity index (χ0n) is 12.3. The predicted molar refractivity (Wildman–Crippen MR) is 85.3 cm³/mol. The van der Waals surface area contributed by atoms with Crippen molar-refractivity contribution in [2.75, 3.05) is 20.2 Å². The lowest BCUT2D eigenvalue weighted by molar-refractivity contribution is 0.415. The number of benzene rings is 1. The Hall–Kier alpha value is -2.05. The molecule has 116 valence electrons. The summed E-state index contributed by atoms with van der Waals surface area (Å²) >= 11 is 0. The third-order valence-corrected chi connectivity index (χ3v) is 5.58. The van der Waals surface area contributed by atoms with Crippen LogP contribution >= 0.6 is 0 Å². The van der Waals surface area contributed by atoms with Crippen molar-refractivity contribution in [1.82, 2.24) is 9.29 Å². The van der Waals surface area contributed by atoms with Gasteiger partial charge in [0.1, 0.15) is 5.75 Å². The Morgan fingerprint density at radius 1 is 1.23 bits per heavy atom. The minimum absolute atomic E-state index is 0.285. The van der Waals surface area contributed by atoms with Gasteiger partial charge in [0, 0.05) is 30.5 Å². The van der Waals surface area contributed by atoms with Crippen LogP contribution in [-0.4, -0.2) is 37.9 Å². The first-order valence-corrected chi connectivity index (χ1v) is 8.54. The Morgan fingerprint density at radius 3 is 2.73 bits per heavy atom. The molecule has 0 radical (unpaired) electrons. The molecule has 0 saturated heterocycles. The Bertz CT molecular complexity index is 780. The van der Waals surface area contributed by atoms with Crippen molar-refractivity contribution in [2.24, 2.45) is 0 Å². The Morgan fingerprint density at radius 2 is 2.09 bits per heavy atom. The fourth-order valence-corrected chi connectivity index (χ4v) is 3.98. The fraction of sp³-hybridized carbons (Fsp3) is 0.250. The number of H-pyrrole nitrogens is 1. The molecule has 2 heterocycles. The van der Waals surface area contributed by atoms with Crippen molar-refractivity contribution >= 4 is 10.0 Å². The van der Waals surface area contributed by atoms with Crippen LogP contribution in [0.2, 0.25) is 0 Å². The number of sulfonamides is 1. The van der Waals surface area contributed by atoms with Crippen LogP contribution in [0, 0.1) is 0 Å². The molecule has 1 aliphatic heterocycles. The number of hydrogen-bond acceptors (Lipinski definition) is 3. The van der Waals surface area contributed by atoms with Crippen LogP contribution in [0.25, 0.3) is 11.3 Å². The van der Waals surface area contributed by atoms with Crippen molar-refractivity contribution in [1.29, 1.82) is 0 Å². The second-order valence-corrected chi connectivity index (χ2v) is 7.01. The zero-order valence-corrected chi connectivity index (χ0v) is 13.1. The topological polar surface area (TPSA) is 62.4 Å². The van der Waals surface area contributed by atoms with Gasteiger partial charge >= 0.3 is 0 Å². The molecule has 0 bridgehead atoms.